The van der Waals surface area contributed by atoms with Crippen LogP contribution in [-0.2, 0) is 16.6 Å². The summed E-state index contributed by atoms with van der Waals surface area (Å²) >= 11 is 0. The van der Waals surface area contributed by atoms with Crippen molar-refractivity contribution >= 4 is 15.9 Å². The van der Waals surface area contributed by atoms with Crippen molar-refractivity contribution < 1.29 is 17.9 Å². The lowest BCUT2D eigenvalue weighted by atomic mass is 10.1. The third kappa shape index (κ3) is 5.47. The highest BCUT2D eigenvalue weighted by atomic mass is 32.2. The van der Waals surface area contributed by atoms with Gasteiger partial charge >= 0.3 is 0 Å². The second-order valence-corrected chi connectivity index (χ2v) is 10.4. The van der Waals surface area contributed by atoms with Crippen molar-refractivity contribution in [1.82, 2.24) is 13.8 Å². The van der Waals surface area contributed by atoms with E-state index in [1.165, 1.54) is 32.0 Å². The Morgan fingerprint density at radius 3 is 2.34 bits per heavy atom. The summed E-state index contributed by atoms with van der Waals surface area (Å²) in [6, 6.07) is 17.4. The van der Waals surface area contributed by atoms with Gasteiger partial charge in [0.1, 0.15) is 11.3 Å². The Balaban J connectivity index is 1.44. The molecule has 0 radical (unpaired) electrons. The zero-order valence-electron chi connectivity index (χ0n) is 19.9. The van der Waals surface area contributed by atoms with E-state index in [-0.39, 0.29) is 48.1 Å². The molecule has 184 valence electrons. The first kappa shape index (κ1) is 24.7. The molecule has 0 saturated carbocycles. The van der Waals surface area contributed by atoms with Gasteiger partial charge in [-0.15, -0.1) is 0 Å². The number of amides is 1. The van der Waals surface area contributed by atoms with Gasteiger partial charge in [-0.1, -0.05) is 29.8 Å². The fourth-order valence-electron chi connectivity index (χ4n) is 4.16. The minimum absolute atomic E-state index is 0.0861. The summed E-state index contributed by atoms with van der Waals surface area (Å²) in [6.07, 6.45) is 1.67. The predicted molar refractivity (Wildman–Crippen MR) is 133 cm³/mol. The molecular formula is C26H29N3O5S. The number of sulfonamides is 1. The molecule has 1 aromatic heterocycles. The Hall–Kier alpha value is -3.43. The van der Waals surface area contributed by atoms with E-state index < -0.39 is 10.0 Å². The Labute approximate surface area is 205 Å². The highest BCUT2D eigenvalue weighted by Gasteiger charge is 2.31. The molecule has 3 aromatic rings. The maximum atomic E-state index is 13.1. The lowest BCUT2D eigenvalue weighted by Crippen LogP contribution is -2.51. The lowest BCUT2D eigenvalue weighted by Gasteiger charge is -2.34. The van der Waals surface area contributed by atoms with E-state index in [1.54, 1.807) is 24.4 Å². The summed E-state index contributed by atoms with van der Waals surface area (Å²) in [4.78, 5) is 27.9. The first-order chi connectivity index (χ1) is 16.8. The number of aromatic nitrogens is 1. The van der Waals surface area contributed by atoms with Gasteiger partial charge in [0.2, 0.25) is 10.0 Å². The zero-order valence-corrected chi connectivity index (χ0v) is 20.7. The van der Waals surface area contributed by atoms with Gasteiger partial charge < -0.3 is 14.2 Å². The number of nitrogens with zero attached hydrogens (tertiary/aromatic N) is 3. The maximum absolute atomic E-state index is 13.1. The maximum Gasteiger partial charge on any atom is 0.263 e. The van der Waals surface area contributed by atoms with Gasteiger partial charge in [-0.3, -0.25) is 9.59 Å². The largest absolute Gasteiger partial charge is 0.494 e. The second-order valence-electron chi connectivity index (χ2n) is 8.44. The number of benzene rings is 2. The third-order valence-corrected chi connectivity index (χ3v) is 7.90. The summed E-state index contributed by atoms with van der Waals surface area (Å²) in [7, 11) is -3.69. The zero-order chi connectivity index (χ0) is 25.0. The van der Waals surface area contributed by atoms with Crippen molar-refractivity contribution in [2.75, 3.05) is 32.8 Å². The quantitative estimate of drug-likeness (QED) is 0.503. The van der Waals surface area contributed by atoms with Crippen molar-refractivity contribution in [2.24, 2.45) is 0 Å². The second kappa shape index (κ2) is 10.5. The summed E-state index contributed by atoms with van der Waals surface area (Å²) in [5.74, 6) is 0.226. The van der Waals surface area contributed by atoms with Crippen LogP contribution in [0.4, 0.5) is 0 Å². The number of pyridine rings is 1. The number of carbonyl (C=O) groups is 1. The molecule has 35 heavy (non-hydrogen) atoms. The molecule has 1 aliphatic heterocycles. The number of carbonyl (C=O) groups excluding carboxylic acids is 1. The number of hydrogen-bond donors (Lipinski definition) is 0. The molecule has 2 heterocycles. The molecule has 0 bridgehead atoms. The minimum atomic E-state index is -3.69. The molecule has 0 spiro atoms. The van der Waals surface area contributed by atoms with E-state index >= 15 is 0 Å². The predicted octanol–water partition coefficient (Wildman–Crippen LogP) is 2.75. The summed E-state index contributed by atoms with van der Waals surface area (Å²) in [5.41, 5.74) is 1.80. The van der Waals surface area contributed by atoms with Crippen LogP contribution in [0.25, 0.3) is 0 Å². The fourth-order valence-corrected chi connectivity index (χ4v) is 5.58. The highest BCUT2D eigenvalue weighted by molar-refractivity contribution is 7.89. The molecule has 1 amide bonds. The Morgan fingerprint density at radius 1 is 0.971 bits per heavy atom. The van der Waals surface area contributed by atoms with Gasteiger partial charge in [-0.2, -0.15) is 4.31 Å². The number of hydrogen-bond acceptors (Lipinski definition) is 5. The van der Waals surface area contributed by atoms with Crippen LogP contribution in [-0.4, -0.2) is 60.9 Å². The van der Waals surface area contributed by atoms with Crippen LogP contribution in [0.2, 0.25) is 0 Å². The van der Waals surface area contributed by atoms with E-state index in [0.717, 1.165) is 11.1 Å². The molecule has 2 aromatic carbocycles. The molecule has 0 unspecified atom stereocenters. The number of ether oxygens (including phenoxy) is 1. The van der Waals surface area contributed by atoms with Crippen LogP contribution in [0.5, 0.6) is 5.75 Å². The smallest absolute Gasteiger partial charge is 0.263 e. The van der Waals surface area contributed by atoms with Crippen LogP contribution in [0.1, 0.15) is 28.4 Å². The molecule has 8 nitrogen and oxygen atoms in total. The molecular weight excluding hydrogens is 466 g/mol. The van der Waals surface area contributed by atoms with Gasteiger partial charge in [0.05, 0.1) is 18.0 Å². The Morgan fingerprint density at radius 2 is 1.69 bits per heavy atom. The minimum Gasteiger partial charge on any atom is -0.494 e. The van der Waals surface area contributed by atoms with Crippen molar-refractivity contribution in [1.29, 1.82) is 0 Å². The molecule has 9 heteroatoms. The normalized spacial score (nSPS) is 14.6. The molecule has 0 aliphatic carbocycles. The number of piperazine rings is 1. The lowest BCUT2D eigenvalue weighted by molar-refractivity contribution is 0.0695. The standard InChI is InChI=1S/C26H29N3O5S/c1-3-34-22-9-11-23(12-10-22)35(32,33)29-16-14-27(15-17-29)25(30)24-8-5-13-28(26(24)31)19-21-7-4-6-20(2)18-21/h4-13,18H,3,14-17,19H2,1-2H3. The highest BCUT2D eigenvalue weighted by Crippen LogP contribution is 2.21. The summed E-state index contributed by atoms with van der Waals surface area (Å²) in [5, 5.41) is 0. The van der Waals surface area contributed by atoms with Gasteiger partial charge in [0.15, 0.2) is 0 Å². The van der Waals surface area contributed by atoms with E-state index in [1.807, 2.05) is 38.1 Å². The van der Waals surface area contributed by atoms with Crippen molar-refractivity contribution in [2.45, 2.75) is 25.3 Å². The average molecular weight is 496 g/mol. The van der Waals surface area contributed by atoms with E-state index in [4.69, 9.17) is 4.74 Å². The SMILES string of the molecule is CCOc1ccc(S(=O)(=O)N2CCN(C(=O)c3cccn(Cc4cccc(C)c4)c3=O)CC2)cc1. The topological polar surface area (TPSA) is 88.9 Å². The van der Waals surface area contributed by atoms with E-state index in [2.05, 4.69) is 0 Å². The van der Waals surface area contributed by atoms with Crippen LogP contribution >= 0.6 is 0 Å². The fraction of sp³-hybridized carbons (Fsp3) is 0.308. The van der Waals surface area contributed by atoms with Gasteiger partial charge in [-0.05, 0) is 55.8 Å². The molecule has 1 fully saturated rings. The van der Waals surface area contributed by atoms with Gasteiger partial charge in [-0.25, -0.2) is 8.42 Å². The molecule has 1 saturated heterocycles. The van der Waals surface area contributed by atoms with Crippen molar-refractivity contribution in [3.63, 3.8) is 0 Å². The Kier molecular flexibility index (Phi) is 7.37. The van der Waals surface area contributed by atoms with E-state index in [9.17, 15) is 18.0 Å². The number of rotatable bonds is 7. The summed E-state index contributed by atoms with van der Waals surface area (Å²) in [6.45, 7) is 5.46. The molecule has 0 N–H and O–H groups in total. The Bertz CT molecular complexity index is 1360. The van der Waals surface area contributed by atoms with E-state index in [0.29, 0.717) is 18.9 Å². The molecule has 1 aliphatic rings. The van der Waals surface area contributed by atoms with Crippen LogP contribution < -0.4 is 10.3 Å². The summed E-state index contributed by atoms with van der Waals surface area (Å²) < 4.78 is 34.3. The monoisotopic (exact) mass is 495 g/mol. The number of aryl methyl sites for hydroxylation is 1. The van der Waals surface area contributed by atoms with Crippen LogP contribution in [0.3, 0.4) is 0 Å². The van der Waals surface area contributed by atoms with Crippen LogP contribution in [0.15, 0.2) is 76.6 Å². The third-order valence-electron chi connectivity index (χ3n) is 5.98. The van der Waals surface area contributed by atoms with Crippen molar-refractivity contribution in [3.8, 4) is 5.75 Å². The van der Waals surface area contributed by atoms with Crippen LogP contribution in [0, 0.1) is 6.92 Å². The average Bonchev–Trinajstić information content (AvgIpc) is 2.86. The molecule has 0 atom stereocenters. The molecule has 4 rings (SSSR count). The van der Waals surface area contributed by atoms with Gasteiger partial charge in [0.25, 0.3) is 11.5 Å². The first-order valence-corrected chi connectivity index (χ1v) is 13.0. The first-order valence-electron chi connectivity index (χ1n) is 11.6. The van der Waals surface area contributed by atoms with Crippen molar-refractivity contribution in [3.05, 3.63) is 93.9 Å². The van der Waals surface area contributed by atoms with Gasteiger partial charge in [0, 0.05) is 32.4 Å².